The van der Waals surface area contributed by atoms with E-state index in [1.54, 1.807) is 30.3 Å². The highest BCUT2D eigenvalue weighted by molar-refractivity contribution is 6.36. The fraction of sp³-hybridized carbons (Fsp3) is 0.120. The largest absolute Gasteiger partial charge is 0.477 e. The zero-order valence-electron chi connectivity index (χ0n) is 17.8. The molecular weight excluding hydrogens is 505 g/mol. The SMILES string of the molecule is CCOc1nc(OCc2ccc(F)c(F)c2)nc(-c2ccc(Cl)cc2Cl)c1-c1ccc(Cl)cc1. The van der Waals surface area contributed by atoms with Crippen LogP contribution in [0.3, 0.4) is 0 Å². The van der Waals surface area contributed by atoms with Crippen LogP contribution in [0.5, 0.6) is 11.9 Å². The molecule has 9 heteroatoms. The molecule has 0 N–H and O–H groups in total. The van der Waals surface area contributed by atoms with E-state index in [4.69, 9.17) is 44.3 Å². The molecule has 4 nitrogen and oxygen atoms in total. The van der Waals surface area contributed by atoms with E-state index in [-0.39, 0.29) is 18.5 Å². The third kappa shape index (κ3) is 5.41. The molecule has 0 bridgehead atoms. The lowest BCUT2D eigenvalue weighted by Gasteiger charge is -2.17. The van der Waals surface area contributed by atoms with Crippen molar-refractivity contribution >= 4 is 34.8 Å². The van der Waals surface area contributed by atoms with Gasteiger partial charge in [-0.15, -0.1) is 0 Å². The number of rotatable bonds is 7. The summed E-state index contributed by atoms with van der Waals surface area (Å²) in [4.78, 5) is 9.01. The molecule has 4 aromatic rings. The Morgan fingerprint density at radius 1 is 0.794 bits per heavy atom. The predicted molar refractivity (Wildman–Crippen MR) is 130 cm³/mol. The molecule has 0 fully saturated rings. The monoisotopic (exact) mass is 520 g/mol. The summed E-state index contributed by atoms with van der Waals surface area (Å²) >= 11 is 18.7. The molecular formula is C25H17Cl3F2N2O2. The Morgan fingerprint density at radius 2 is 1.53 bits per heavy atom. The van der Waals surface area contributed by atoms with Crippen molar-refractivity contribution < 1.29 is 18.3 Å². The highest BCUT2D eigenvalue weighted by Gasteiger charge is 2.22. The van der Waals surface area contributed by atoms with E-state index in [9.17, 15) is 8.78 Å². The molecule has 1 heterocycles. The van der Waals surface area contributed by atoms with Crippen molar-refractivity contribution in [2.45, 2.75) is 13.5 Å². The van der Waals surface area contributed by atoms with Crippen molar-refractivity contribution in [1.82, 2.24) is 9.97 Å². The van der Waals surface area contributed by atoms with Crippen LogP contribution in [0.1, 0.15) is 12.5 Å². The van der Waals surface area contributed by atoms with Crippen LogP contribution < -0.4 is 9.47 Å². The standard InChI is InChI=1S/C25H17Cl3F2N2O2/c1-2-33-24-22(15-4-6-16(26)7-5-15)23(18-9-8-17(27)12-19(18)28)31-25(32-24)34-13-14-3-10-20(29)21(30)11-14/h3-12H,2,13H2,1H3. The molecule has 0 aliphatic rings. The second kappa shape index (κ2) is 10.6. The molecule has 4 rings (SSSR count). The van der Waals surface area contributed by atoms with Gasteiger partial charge in [0.1, 0.15) is 6.61 Å². The molecule has 0 unspecified atom stereocenters. The first kappa shape index (κ1) is 24.2. The van der Waals surface area contributed by atoms with Gasteiger partial charge in [-0.05, 0) is 60.5 Å². The fourth-order valence-electron chi connectivity index (χ4n) is 3.26. The van der Waals surface area contributed by atoms with Gasteiger partial charge in [0.25, 0.3) is 0 Å². The van der Waals surface area contributed by atoms with Crippen LogP contribution in [0.4, 0.5) is 8.78 Å². The van der Waals surface area contributed by atoms with Crippen LogP contribution in [0.25, 0.3) is 22.4 Å². The number of benzene rings is 3. The first-order valence-corrected chi connectivity index (χ1v) is 11.3. The lowest BCUT2D eigenvalue weighted by molar-refractivity contribution is 0.267. The minimum Gasteiger partial charge on any atom is -0.477 e. The maximum atomic E-state index is 13.6. The molecule has 0 aliphatic carbocycles. The lowest BCUT2D eigenvalue weighted by Crippen LogP contribution is -2.06. The van der Waals surface area contributed by atoms with Crippen molar-refractivity contribution in [2.75, 3.05) is 6.61 Å². The van der Waals surface area contributed by atoms with Gasteiger partial charge in [0.15, 0.2) is 11.6 Å². The number of halogens is 5. The second-order valence-corrected chi connectivity index (χ2v) is 8.42. The molecule has 0 radical (unpaired) electrons. The van der Waals surface area contributed by atoms with Crippen molar-refractivity contribution in [2.24, 2.45) is 0 Å². The first-order valence-electron chi connectivity index (χ1n) is 10.2. The summed E-state index contributed by atoms with van der Waals surface area (Å²) in [6.45, 7) is 2.06. The van der Waals surface area contributed by atoms with Crippen LogP contribution in [0, 0.1) is 11.6 Å². The Labute approximate surface area is 210 Å². The molecule has 0 saturated heterocycles. The van der Waals surface area contributed by atoms with E-state index < -0.39 is 11.6 Å². The van der Waals surface area contributed by atoms with Crippen molar-refractivity contribution in [3.05, 3.63) is 92.9 Å². The third-order valence-electron chi connectivity index (χ3n) is 4.81. The number of hydrogen-bond acceptors (Lipinski definition) is 4. The Balaban J connectivity index is 1.84. The molecule has 34 heavy (non-hydrogen) atoms. The smallest absolute Gasteiger partial charge is 0.320 e. The molecule has 3 aromatic carbocycles. The van der Waals surface area contributed by atoms with Crippen LogP contribution in [-0.2, 0) is 6.61 Å². The lowest BCUT2D eigenvalue weighted by atomic mass is 10.00. The highest BCUT2D eigenvalue weighted by atomic mass is 35.5. The first-order chi connectivity index (χ1) is 16.4. The Morgan fingerprint density at radius 3 is 2.21 bits per heavy atom. The van der Waals surface area contributed by atoms with Gasteiger partial charge in [-0.25, -0.2) is 8.78 Å². The van der Waals surface area contributed by atoms with Gasteiger partial charge in [-0.2, -0.15) is 9.97 Å². The van der Waals surface area contributed by atoms with E-state index >= 15 is 0 Å². The summed E-state index contributed by atoms with van der Waals surface area (Å²) in [5.41, 5.74) is 2.78. The topological polar surface area (TPSA) is 44.2 Å². The molecule has 0 atom stereocenters. The van der Waals surface area contributed by atoms with Gasteiger partial charge in [0, 0.05) is 15.6 Å². The summed E-state index contributed by atoms with van der Waals surface area (Å²) in [5, 5.41) is 1.41. The predicted octanol–water partition coefficient (Wildman–Crippen LogP) is 8.03. The minimum atomic E-state index is -0.969. The Hall–Kier alpha value is -2.93. The van der Waals surface area contributed by atoms with Gasteiger partial charge in [0.2, 0.25) is 5.88 Å². The Bertz CT molecular complexity index is 1330. The molecule has 0 spiro atoms. The van der Waals surface area contributed by atoms with Gasteiger partial charge in [-0.1, -0.05) is 53.0 Å². The van der Waals surface area contributed by atoms with Gasteiger partial charge < -0.3 is 9.47 Å². The minimum absolute atomic E-state index is 0.0214. The van der Waals surface area contributed by atoms with E-state index in [1.165, 1.54) is 6.07 Å². The van der Waals surface area contributed by atoms with Crippen LogP contribution in [-0.4, -0.2) is 16.6 Å². The van der Waals surface area contributed by atoms with Crippen molar-refractivity contribution in [3.63, 3.8) is 0 Å². The van der Waals surface area contributed by atoms with E-state index in [2.05, 4.69) is 9.97 Å². The highest BCUT2D eigenvalue weighted by Crippen LogP contribution is 2.41. The zero-order chi connectivity index (χ0) is 24.2. The maximum absolute atomic E-state index is 13.6. The molecule has 0 saturated carbocycles. The Kier molecular flexibility index (Phi) is 7.51. The number of ether oxygens (including phenoxy) is 2. The van der Waals surface area contributed by atoms with Gasteiger partial charge in [0.05, 0.1) is 22.9 Å². The number of hydrogen-bond donors (Lipinski definition) is 0. The normalized spacial score (nSPS) is 10.9. The molecule has 0 aliphatic heterocycles. The summed E-state index contributed by atoms with van der Waals surface area (Å²) in [6, 6.07) is 15.6. The van der Waals surface area contributed by atoms with Crippen LogP contribution in [0.15, 0.2) is 60.7 Å². The number of aromatic nitrogens is 2. The maximum Gasteiger partial charge on any atom is 0.320 e. The second-order valence-electron chi connectivity index (χ2n) is 7.14. The molecule has 1 aromatic heterocycles. The van der Waals surface area contributed by atoms with E-state index in [0.29, 0.717) is 44.1 Å². The average Bonchev–Trinajstić information content (AvgIpc) is 2.81. The zero-order valence-corrected chi connectivity index (χ0v) is 20.1. The number of nitrogens with zero attached hydrogens (tertiary/aromatic N) is 2. The van der Waals surface area contributed by atoms with Gasteiger partial charge in [-0.3, -0.25) is 0 Å². The third-order valence-corrected chi connectivity index (χ3v) is 5.61. The summed E-state index contributed by atoms with van der Waals surface area (Å²) in [6.07, 6.45) is 0. The van der Waals surface area contributed by atoms with E-state index in [0.717, 1.165) is 17.7 Å². The fourth-order valence-corrected chi connectivity index (χ4v) is 3.88. The van der Waals surface area contributed by atoms with E-state index in [1.807, 2.05) is 19.1 Å². The quantitative estimate of drug-likeness (QED) is 0.247. The van der Waals surface area contributed by atoms with Crippen molar-refractivity contribution in [3.8, 4) is 34.3 Å². The summed E-state index contributed by atoms with van der Waals surface area (Å²) in [5.74, 6) is -1.64. The van der Waals surface area contributed by atoms with Gasteiger partial charge >= 0.3 is 6.01 Å². The average molecular weight is 522 g/mol. The molecule has 0 amide bonds. The van der Waals surface area contributed by atoms with Crippen LogP contribution in [0.2, 0.25) is 15.1 Å². The van der Waals surface area contributed by atoms with Crippen LogP contribution >= 0.6 is 34.8 Å². The summed E-state index contributed by atoms with van der Waals surface area (Å²) < 4.78 is 38.4. The summed E-state index contributed by atoms with van der Waals surface area (Å²) in [7, 11) is 0. The molecule has 174 valence electrons. The van der Waals surface area contributed by atoms with Crippen molar-refractivity contribution in [1.29, 1.82) is 0 Å².